The second kappa shape index (κ2) is 6.92. The molecule has 1 aromatic heterocycles. The van der Waals surface area contributed by atoms with Crippen molar-refractivity contribution in [2.75, 3.05) is 5.32 Å². The monoisotopic (exact) mass is 258 g/mol. The Bertz CT molecular complexity index is 479. The Morgan fingerprint density at radius 2 is 2.11 bits per heavy atom. The summed E-state index contributed by atoms with van der Waals surface area (Å²) in [7, 11) is 0. The smallest absolute Gasteiger partial charge is 0.138 e. The molecule has 2 aromatic rings. The summed E-state index contributed by atoms with van der Waals surface area (Å²) in [6.45, 7) is 4.46. The van der Waals surface area contributed by atoms with Crippen molar-refractivity contribution in [2.45, 2.75) is 45.6 Å². The quantitative estimate of drug-likeness (QED) is 0.771. The molecule has 0 fully saturated rings. The summed E-state index contributed by atoms with van der Waals surface area (Å²) in [6.07, 6.45) is 8.32. The normalized spacial score (nSPS) is 12.3. The number of aromatic nitrogens is 3. The molecule has 0 aliphatic heterocycles. The number of hydrogen-bond donors (Lipinski definition) is 1. The number of nitrogens with one attached hydrogen (secondary N) is 1. The van der Waals surface area contributed by atoms with Crippen LogP contribution in [0.4, 0.5) is 5.69 Å². The highest BCUT2D eigenvalue weighted by atomic mass is 15.3. The summed E-state index contributed by atoms with van der Waals surface area (Å²) in [5.74, 6) is 0. The van der Waals surface area contributed by atoms with Crippen LogP contribution in [0.2, 0.25) is 0 Å². The van der Waals surface area contributed by atoms with Gasteiger partial charge in [-0.15, -0.1) is 0 Å². The lowest BCUT2D eigenvalue weighted by Gasteiger charge is -2.17. The highest BCUT2D eigenvalue weighted by Crippen LogP contribution is 2.20. The fourth-order valence-electron chi connectivity index (χ4n) is 2.17. The Balaban J connectivity index is 2.04. The number of nitrogens with zero attached hydrogens (tertiary/aromatic N) is 3. The topological polar surface area (TPSA) is 42.7 Å². The lowest BCUT2D eigenvalue weighted by molar-refractivity contribution is 0.614. The van der Waals surface area contributed by atoms with Gasteiger partial charge in [0.25, 0.3) is 0 Å². The summed E-state index contributed by atoms with van der Waals surface area (Å²) in [4.78, 5) is 4.00. The van der Waals surface area contributed by atoms with E-state index in [0.29, 0.717) is 6.04 Å². The predicted molar refractivity (Wildman–Crippen MR) is 78.6 cm³/mol. The van der Waals surface area contributed by atoms with E-state index in [1.165, 1.54) is 25.7 Å². The van der Waals surface area contributed by atoms with Crippen LogP contribution in [0.3, 0.4) is 0 Å². The molecule has 0 bridgehead atoms. The Hall–Kier alpha value is -1.84. The molecular weight excluding hydrogens is 236 g/mol. The van der Waals surface area contributed by atoms with Crippen LogP contribution in [-0.4, -0.2) is 20.8 Å². The van der Waals surface area contributed by atoms with Crippen molar-refractivity contribution in [1.82, 2.24) is 14.8 Å². The van der Waals surface area contributed by atoms with E-state index in [-0.39, 0.29) is 0 Å². The largest absolute Gasteiger partial charge is 0.381 e. The Labute approximate surface area is 114 Å². The molecule has 0 saturated heterocycles. The van der Waals surface area contributed by atoms with Crippen LogP contribution in [0.5, 0.6) is 0 Å². The van der Waals surface area contributed by atoms with Gasteiger partial charge in [-0.3, -0.25) is 0 Å². The van der Waals surface area contributed by atoms with Crippen molar-refractivity contribution in [3.05, 3.63) is 36.9 Å². The zero-order chi connectivity index (χ0) is 13.5. The minimum atomic E-state index is 0.469. The molecule has 0 aliphatic carbocycles. The van der Waals surface area contributed by atoms with E-state index in [4.69, 9.17) is 0 Å². The summed E-state index contributed by atoms with van der Waals surface area (Å²) in [6, 6.07) is 8.67. The third-order valence-electron chi connectivity index (χ3n) is 3.21. The van der Waals surface area contributed by atoms with Gasteiger partial charge in [0.05, 0.1) is 11.4 Å². The van der Waals surface area contributed by atoms with E-state index < -0.39 is 0 Å². The van der Waals surface area contributed by atoms with Crippen molar-refractivity contribution in [3.63, 3.8) is 0 Å². The molecule has 0 saturated carbocycles. The predicted octanol–water partition coefficient (Wildman–Crippen LogP) is 3.65. The first-order valence-electron chi connectivity index (χ1n) is 7.02. The van der Waals surface area contributed by atoms with Gasteiger partial charge in [-0.05, 0) is 25.5 Å². The number of anilines is 1. The van der Waals surface area contributed by atoms with Gasteiger partial charge >= 0.3 is 0 Å². The Morgan fingerprint density at radius 3 is 2.84 bits per heavy atom. The summed E-state index contributed by atoms with van der Waals surface area (Å²) < 4.78 is 1.79. The van der Waals surface area contributed by atoms with Gasteiger partial charge < -0.3 is 5.32 Å². The number of unbranched alkanes of at least 4 members (excludes halogenated alkanes) is 2. The average molecular weight is 258 g/mol. The van der Waals surface area contributed by atoms with Gasteiger partial charge in [-0.25, -0.2) is 9.67 Å². The number of rotatable bonds is 7. The molecule has 1 atom stereocenters. The minimum Gasteiger partial charge on any atom is -0.381 e. The van der Waals surface area contributed by atoms with Crippen LogP contribution < -0.4 is 5.32 Å². The first-order valence-corrected chi connectivity index (χ1v) is 7.02. The van der Waals surface area contributed by atoms with Crippen LogP contribution in [0.25, 0.3) is 5.69 Å². The highest BCUT2D eigenvalue weighted by Gasteiger charge is 2.07. The molecule has 19 heavy (non-hydrogen) atoms. The third-order valence-corrected chi connectivity index (χ3v) is 3.21. The lowest BCUT2D eigenvalue weighted by Crippen LogP contribution is -2.16. The number of hydrogen-bond acceptors (Lipinski definition) is 3. The van der Waals surface area contributed by atoms with E-state index in [1.807, 2.05) is 12.1 Å². The number of benzene rings is 1. The number of para-hydroxylation sites is 2. The van der Waals surface area contributed by atoms with Crippen LogP contribution in [-0.2, 0) is 0 Å². The van der Waals surface area contributed by atoms with E-state index in [9.17, 15) is 0 Å². The first kappa shape index (κ1) is 13.6. The van der Waals surface area contributed by atoms with Crippen molar-refractivity contribution in [3.8, 4) is 5.69 Å². The van der Waals surface area contributed by atoms with Crippen LogP contribution in [0.15, 0.2) is 36.9 Å². The molecule has 4 heteroatoms. The molecule has 1 aromatic carbocycles. The molecule has 0 amide bonds. The molecule has 1 heterocycles. The van der Waals surface area contributed by atoms with Gasteiger partial charge in [0, 0.05) is 6.04 Å². The molecule has 102 valence electrons. The van der Waals surface area contributed by atoms with E-state index in [0.717, 1.165) is 11.4 Å². The fraction of sp³-hybridized carbons (Fsp3) is 0.467. The molecule has 0 radical (unpaired) electrons. The van der Waals surface area contributed by atoms with Gasteiger partial charge in [0.1, 0.15) is 12.7 Å². The standard InChI is InChI=1S/C15H22N4/c1-3-4-5-8-13(2)18-14-9-6-7-10-15(14)19-12-16-11-17-19/h6-7,9-13,18H,3-5,8H2,1-2H3. The van der Waals surface area contributed by atoms with Crippen LogP contribution in [0.1, 0.15) is 39.5 Å². The van der Waals surface area contributed by atoms with Crippen molar-refractivity contribution in [2.24, 2.45) is 0 Å². The molecular formula is C15H22N4. The van der Waals surface area contributed by atoms with Crippen molar-refractivity contribution >= 4 is 5.69 Å². The minimum absolute atomic E-state index is 0.469. The van der Waals surface area contributed by atoms with Gasteiger partial charge in [0.15, 0.2) is 0 Å². The molecule has 0 aliphatic rings. The Morgan fingerprint density at radius 1 is 1.26 bits per heavy atom. The lowest BCUT2D eigenvalue weighted by atomic mass is 10.1. The van der Waals surface area contributed by atoms with E-state index in [1.54, 1.807) is 17.3 Å². The zero-order valence-corrected chi connectivity index (χ0v) is 11.7. The third kappa shape index (κ3) is 3.81. The fourth-order valence-corrected chi connectivity index (χ4v) is 2.17. The summed E-state index contributed by atoms with van der Waals surface area (Å²) in [5, 5.41) is 7.76. The van der Waals surface area contributed by atoms with Crippen molar-refractivity contribution in [1.29, 1.82) is 0 Å². The average Bonchev–Trinajstić information content (AvgIpc) is 2.93. The van der Waals surface area contributed by atoms with Crippen LogP contribution in [0, 0.1) is 0 Å². The maximum atomic E-state index is 4.20. The second-order valence-corrected chi connectivity index (χ2v) is 4.90. The van der Waals surface area contributed by atoms with Gasteiger partial charge in [0.2, 0.25) is 0 Å². The zero-order valence-electron chi connectivity index (χ0n) is 11.7. The maximum absolute atomic E-state index is 4.20. The van der Waals surface area contributed by atoms with Crippen molar-refractivity contribution < 1.29 is 0 Å². The van der Waals surface area contributed by atoms with E-state index in [2.05, 4.69) is 41.4 Å². The molecule has 1 unspecified atom stereocenters. The molecule has 0 spiro atoms. The SMILES string of the molecule is CCCCCC(C)Nc1ccccc1-n1cncn1. The van der Waals surface area contributed by atoms with E-state index >= 15 is 0 Å². The molecule has 2 rings (SSSR count). The van der Waals surface area contributed by atoms with Gasteiger partial charge in [-0.2, -0.15) is 5.10 Å². The maximum Gasteiger partial charge on any atom is 0.138 e. The van der Waals surface area contributed by atoms with Gasteiger partial charge in [-0.1, -0.05) is 38.3 Å². The first-order chi connectivity index (χ1) is 9.31. The summed E-state index contributed by atoms with van der Waals surface area (Å²) >= 11 is 0. The second-order valence-electron chi connectivity index (χ2n) is 4.90. The van der Waals surface area contributed by atoms with Crippen LogP contribution >= 0.6 is 0 Å². The molecule has 1 N–H and O–H groups in total. The summed E-state index contributed by atoms with van der Waals surface area (Å²) in [5.41, 5.74) is 2.15. The highest BCUT2D eigenvalue weighted by molar-refractivity contribution is 5.60. The molecule has 4 nitrogen and oxygen atoms in total. The Kier molecular flexibility index (Phi) is 4.95.